The number of anilines is 1. The highest BCUT2D eigenvalue weighted by atomic mass is 35.5. The highest BCUT2D eigenvalue weighted by Gasteiger charge is 2.28. The third-order valence-corrected chi connectivity index (χ3v) is 5.09. The molecule has 0 spiro atoms. The Morgan fingerprint density at radius 1 is 1.39 bits per heavy atom. The molecular weight excluding hydrogens is 330 g/mol. The Hall–Kier alpha value is -1.14. The minimum absolute atomic E-state index is 0. The van der Waals surface area contributed by atoms with Crippen LogP contribution in [-0.2, 0) is 11.3 Å². The highest BCUT2D eigenvalue weighted by molar-refractivity contribution is 7.15. The second-order valence-electron chi connectivity index (χ2n) is 6.13. The lowest BCUT2D eigenvalue weighted by Gasteiger charge is -2.38. The third-order valence-electron chi connectivity index (χ3n) is 4.27. The summed E-state index contributed by atoms with van der Waals surface area (Å²) in [5, 5.41) is 0.641. The summed E-state index contributed by atoms with van der Waals surface area (Å²) in [4.78, 5) is 7.82. The first-order valence-corrected chi connectivity index (χ1v) is 8.47. The molecule has 0 radical (unpaired) electrons. The molecule has 2 unspecified atom stereocenters. The van der Waals surface area contributed by atoms with E-state index in [0.29, 0.717) is 11.2 Å². The molecule has 1 aromatic carbocycles. The van der Waals surface area contributed by atoms with Crippen LogP contribution in [0, 0.1) is 13.8 Å². The zero-order chi connectivity index (χ0) is 15.7. The molecule has 23 heavy (non-hydrogen) atoms. The van der Waals surface area contributed by atoms with Gasteiger partial charge in [0.15, 0.2) is 5.13 Å². The van der Waals surface area contributed by atoms with Gasteiger partial charge in [-0.05, 0) is 31.9 Å². The number of hydrogen-bond acceptors (Lipinski definition) is 5. The van der Waals surface area contributed by atoms with Crippen LogP contribution >= 0.6 is 23.7 Å². The van der Waals surface area contributed by atoms with Gasteiger partial charge in [-0.25, -0.2) is 4.98 Å². The lowest BCUT2D eigenvalue weighted by atomic mass is 9.99. The van der Waals surface area contributed by atoms with Crippen molar-refractivity contribution in [2.75, 3.05) is 18.9 Å². The molecule has 2 aromatic rings. The van der Waals surface area contributed by atoms with Gasteiger partial charge in [-0.3, -0.25) is 4.90 Å². The maximum Gasteiger partial charge on any atom is 0.180 e. The summed E-state index contributed by atoms with van der Waals surface area (Å²) < 4.78 is 6.11. The zero-order valence-corrected chi connectivity index (χ0v) is 15.4. The van der Waals surface area contributed by atoms with Gasteiger partial charge in [-0.2, -0.15) is 0 Å². The number of thiazole rings is 1. The van der Waals surface area contributed by atoms with Crippen molar-refractivity contribution in [1.29, 1.82) is 0 Å². The van der Waals surface area contributed by atoms with Crippen molar-refractivity contribution >= 4 is 28.9 Å². The topological polar surface area (TPSA) is 51.4 Å². The number of aromatic nitrogens is 1. The summed E-state index contributed by atoms with van der Waals surface area (Å²) in [6.07, 6.45) is 2.02. The highest BCUT2D eigenvalue weighted by Crippen LogP contribution is 2.29. The Morgan fingerprint density at radius 3 is 2.87 bits per heavy atom. The van der Waals surface area contributed by atoms with Crippen molar-refractivity contribution in [2.24, 2.45) is 0 Å². The molecule has 126 valence electrons. The third kappa shape index (κ3) is 4.23. The fraction of sp³-hybridized carbons (Fsp3) is 0.471. The summed E-state index contributed by atoms with van der Waals surface area (Å²) in [5.41, 5.74) is 9.62. The van der Waals surface area contributed by atoms with Gasteiger partial charge in [-0.15, -0.1) is 23.7 Å². The SMILES string of the molecule is Cc1ccc(C)c(C2CN(Cc3cnc(N)s3)C(C)CO2)c1.Cl. The molecule has 2 atom stereocenters. The van der Waals surface area contributed by atoms with E-state index in [1.807, 2.05) is 6.20 Å². The molecule has 4 nitrogen and oxygen atoms in total. The van der Waals surface area contributed by atoms with Crippen LogP contribution in [0.5, 0.6) is 0 Å². The lowest BCUT2D eigenvalue weighted by molar-refractivity contribution is -0.0632. The average Bonchev–Trinajstić information content (AvgIpc) is 2.89. The van der Waals surface area contributed by atoms with Gasteiger partial charge in [0.2, 0.25) is 0 Å². The number of rotatable bonds is 3. The van der Waals surface area contributed by atoms with E-state index in [9.17, 15) is 0 Å². The summed E-state index contributed by atoms with van der Waals surface area (Å²) >= 11 is 1.57. The molecule has 0 saturated carbocycles. The van der Waals surface area contributed by atoms with Crippen molar-refractivity contribution in [3.63, 3.8) is 0 Å². The van der Waals surface area contributed by atoms with Gasteiger partial charge in [0.05, 0.1) is 12.7 Å². The van der Waals surface area contributed by atoms with Crippen LogP contribution in [0.1, 0.15) is 34.6 Å². The second-order valence-corrected chi connectivity index (χ2v) is 7.27. The number of ether oxygens (including phenoxy) is 1. The quantitative estimate of drug-likeness (QED) is 0.913. The van der Waals surface area contributed by atoms with E-state index in [2.05, 4.69) is 48.9 Å². The Balaban J connectivity index is 0.00000192. The molecule has 2 N–H and O–H groups in total. The lowest BCUT2D eigenvalue weighted by Crippen LogP contribution is -2.44. The van der Waals surface area contributed by atoms with Gasteiger partial charge in [0.25, 0.3) is 0 Å². The predicted octanol–water partition coefficient (Wildman–Crippen LogP) is 3.73. The van der Waals surface area contributed by atoms with Crippen molar-refractivity contribution in [1.82, 2.24) is 9.88 Å². The van der Waals surface area contributed by atoms with Crippen molar-refractivity contribution in [3.05, 3.63) is 46.0 Å². The van der Waals surface area contributed by atoms with Crippen LogP contribution in [0.15, 0.2) is 24.4 Å². The average molecular weight is 354 g/mol. The van der Waals surface area contributed by atoms with E-state index in [-0.39, 0.29) is 18.5 Å². The number of halogens is 1. The van der Waals surface area contributed by atoms with Crippen LogP contribution < -0.4 is 5.73 Å². The molecule has 0 amide bonds. The molecule has 1 fully saturated rings. The molecule has 1 aliphatic heterocycles. The number of nitrogens with two attached hydrogens (primary N) is 1. The molecular formula is C17H24ClN3OS. The Kier molecular flexibility index (Phi) is 6.03. The number of aryl methyl sites for hydroxylation is 2. The molecule has 0 aliphatic carbocycles. The number of morpholine rings is 1. The standard InChI is InChI=1S/C17H23N3OS.ClH/c1-11-4-5-12(2)15(6-11)16-9-20(13(3)10-21-16)8-14-7-19-17(18)22-14;/h4-7,13,16H,8-10H2,1-3H3,(H2,18,19);1H. The maximum atomic E-state index is 6.11. The van der Waals surface area contributed by atoms with Gasteiger partial charge in [0.1, 0.15) is 0 Å². The Bertz CT molecular complexity index is 661. The van der Waals surface area contributed by atoms with Crippen molar-refractivity contribution in [2.45, 2.75) is 39.5 Å². The fourth-order valence-corrected chi connectivity index (χ4v) is 3.63. The minimum atomic E-state index is 0. The van der Waals surface area contributed by atoms with Gasteiger partial charge in [-0.1, -0.05) is 23.8 Å². The van der Waals surface area contributed by atoms with E-state index >= 15 is 0 Å². The van der Waals surface area contributed by atoms with E-state index in [4.69, 9.17) is 10.5 Å². The number of nitrogen functional groups attached to an aromatic ring is 1. The van der Waals surface area contributed by atoms with E-state index in [1.165, 1.54) is 21.6 Å². The molecule has 1 saturated heterocycles. The van der Waals surface area contributed by atoms with Crippen LogP contribution in [0.4, 0.5) is 5.13 Å². The van der Waals surface area contributed by atoms with E-state index in [0.717, 1.165) is 19.7 Å². The smallest absolute Gasteiger partial charge is 0.180 e. The van der Waals surface area contributed by atoms with Crippen LogP contribution in [0.25, 0.3) is 0 Å². The fourth-order valence-electron chi connectivity index (χ4n) is 2.92. The van der Waals surface area contributed by atoms with Gasteiger partial charge >= 0.3 is 0 Å². The predicted molar refractivity (Wildman–Crippen MR) is 98.3 cm³/mol. The molecule has 6 heteroatoms. The summed E-state index contributed by atoms with van der Waals surface area (Å²) in [6.45, 7) is 9.05. The molecule has 1 aromatic heterocycles. The van der Waals surface area contributed by atoms with Crippen molar-refractivity contribution in [3.8, 4) is 0 Å². The number of nitrogens with zero attached hydrogens (tertiary/aromatic N) is 2. The van der Waals surface area contributed by atoms with E-state index < -0.39 is 0 Å². The molecule has 0 bridgehead atoms. The Labute approximate surface area is 148 Å². The normalized spacial score (nSPS) is 21.9. The van der Waals surface area contributed by atoms with Gasteiger partial charge < -0.3 is 10.5 Å². The molecule has 1 aliphatic rings. The summed E-state index contributed by atoms with van der Waals surface area (Å²) in [7, 11) is 0. The van der Waals surface area contributed by atoms with Gasteiger partial charge in [0, 0.05) is 30.2 Å². The first-order chi connectivity index (χ1) is 10.5. The van der Waals surface area contributed by atoms with E-state index in [1.54, 1.807) is 11.3 Å². The first kappa shape index (κ1) is 18.2. The molecule has 3 rings (SSSR count). The van der Waals surface area contributed by atoms with Crippen LogP contribution in [0.2, 0.25) is 0 Å². The summed E-state index contributed by atoms with van der Waals surface area (Å²) in [6, 6.07) is 6.99. The van der Waals surface area contributed by atoms with Crippen molar-refractivity contribution < 1.29 is 4.74 Å². The van der Waals surface area contributed by atoms with Crippen LogP contribution in [-0.4, -0.2) is 29.1 Å². The largest absolute Gasteiger partial charge is 0.375 e. The minimum Gasteiger partial charge on any atom is -0.375 e. The Morgan fingerprint density at radius 2 is 2.17 bits per heavy atom. The zero-order valence-electron chi connectivity index (χ0n) is 13.8. The van der Waals surface area contributed by atoms with Crippen LogP contribution in [0.3, 0.4) is 0 Å². The maximum absolute atomic E-state index is 6.11. The number of benzene rings is 1. The number of hydrogen-bond donors (Lipinski definition) is 1. The monoisotopic (exact) mass is 353 g/mol. The second kappa shape index (κ2) is 7.62. The first-order valence-electron chi connectivity index (χ1n) is 7.66. The summed E-state index contributed by atoms with van der Waals surface area (Å²) in [5.74, 6) is 0. The molecule has 2 heterocycles.